The summed E-state index contributed by atoms with van der Waals surface area (Å²) < 4.78 is 22.7. The number of benzene rings is 1. The summed E-state index contributed by atoms with van der Waals surface area (Å²) in [5.74, 6) is 1.28. The molecule has 1 fully saturated rings. The molecule has 0 radical (unpaired) electrons. The second kappa shape index (κ2) is 9.41. The van der Waals surface area contributed by atoms with Gasteiger partial charge in [0.25, 0.3) is 0 Å². The summed E-state index contributed by atoms with van der Waals surface area (Å²) in [6.45, 7) is 7.25. The van der Waals surface area contributed by atoms with Crippen LogP contribution < -0.4 is 14.2 Å². The molecule has 2 heterocycles. The number of nitrogens with zero attached hydrogens (tertiary/aromatic N) is 1. The van der Waals surface area contributed by atoms with Gasteiger partial charge in [0, 0.05) is 24.5 Å². The Labute approximate surface area is 170 Å². The maximum absolute atomic E-state index is 12.0. The topological polar surface area (TPSA) is 57.2 Å². The minimum absolute atomic E-state index is 0.0790. The Balaban J connectivity index is 1.69. The van der Waals surface area contributed by atoms with Gasteiger partial charge in [-0.15, -0.1) is 11.3 Å². The summed E-state index contributed by atoms with van der Waals surface area (Å²) in [5.41, 5.74) is 1.80. The zero-order valence-corrected chi connectivity index (χ0v) is 17.6. The number of aryl methyl sites for hydroxylation is 1. The van der Waals surface area contributed by atoms with Gasteiger partial charge in [0.05, 0.1) is 26.4 Å². The monoisotopic (exact) mass is 405 g/mol. The van der Waals surface area contributed by atoms with Gasteiger partial charge in [-0.2, -0.15) is 0 Å². The van der Waals surface area contributed by atoms with E-state index < -0.39 is 0 Å². The number of ether oxygens (including phenoxy) is 4. The van der Waals surface area contributed by atoms with Crippen LogP contribution in [-0.4, -0.2) is 57.3 Å². The molecule has 0 N–H and O–H groups in total. The van der Waals surface area contributed by atoms with E-state index in [1.54, 1.807) is 30.6 Å². The highest BCUT2D eigenvalue weighted by Gasteiger charge is 2.25. The molecule has 2 aromatic rings. The first kappa shape index (κ1) is 20.6. The Kier molecular flexibility index (Phi) is 6.93. The molecule has 152 valence electrons. The van der Waals surface area contributed by atoms with E-state index in [4.69, 9.17) is 18.9 Å². The molecule has 1 aromatic carbocycles. The molecule has 0 bridgehead atoms. The number of Topliss-reactive ketones (excluding diaryl/α,β-unsaturated/α-hetero) is 1. The van der Waals surface area contributed by atoms with Gasteiger partial charge in [-0.05, 0) is 43.0 Å². The minimum Gasteiger partial charge on any atom is -0.493 e. The number of morpholine rings is 1. The summed E-state index contributed by atoms with van der Waals surface area (Å²) in [6.07, 6.45) is -0.0790. The average Bonchev–Trinajstić information content (AvgIpc) is 3.10. The van der Waals surface area contributed by atoms with E-state index >= 15 is 0 Å². The summed E-state index contributed by atoms with van der Waals surface area (Å²) in [5, 5.41) is 2.13. The fourth-order valence-corrected chi connectivity index (χ4v) is 4.24. The van der Waals surface area contributed by atoms with Crippen molar-refractivity contribution in [2.75, 3.05) is 40.5 Å². The quantitative estimate of drug-likeness (QED) is 0.626. The van der Waals surface area contributed by atoms with E-state index in [1.165, 1.54) is 24.5 Å². The van der Waals surface area contributed by atoms with Gasteiger partial charge in [-0.3, -0.25) is 9.69 Å². The zero-order chi connectivity index (χ0) is 20.1. The number of carbonyl (C=O) groups excluding carboxylic acids is 1. The summed E-state index contributed by atoms with van der Waals surface area (Å²) in [7, 11) is 3.10. The van der Waals surface area contributed by atoms with Crippen molar-refractivity contribution in [1.29, 1.82) is 0 Å². The molecule has 0 amide bonds. The van der Waals surface area contributed by atoms with E-state index in [0.717, 1.165) is 19.6 Å². The predicted molar refractivity (Wildman–Crippen MR) is 109 cm³/mol. The van der Waals surface area contributed by atoms with Gasteiger partial charge in [-0.25, -0.2) is 0 Å². The Morgan fingerprint density at radius 2 is 2.07 bits per heavy atom. The van der Waals surface area contributed by atoms with Crippen LogP contribution in [0.25, 0.3) is 0 Å². The second-order valence-electron chi connectivity index (χ2n) is 6.80. The molecule has 1 aliphatic rings. The summed E-state index contributed by atoms with van der Waals surface area (Å²) in [4.78, 5) is 15.8. The Morgan fingerprint density at radius 3 is 2.71 bits per heavy atom. The predicted octanol–water partition coefficient (Wildman–Crippen LogP) is 3.56. The van der Waals surface area contributed by atoms with Crippen molar-refractivity contribution in [1.82, 2.24) is 4.90 Å². The molecule has 1 saturated heterocycles. The highest BCUT2D eigenvalue weighted by atomic mass is 32.1. The molecule has 0 aliphatic carbocycles. The Bertz CT molecular complexity index is 819. The lowest BCUT2D eigenvalue weighted by molar-refractivity contribution is -0.0505. The van der Waals surface area contributed by atoms with E-state index in [2.05, 4.69) is 23.3 Å². The van der Waals surface area contributed by atoms with Crippen LogP contribution in [0.5, 0.6) is 17.2 Å². The number of ketones is 1. The number of rotatable bonds is 8. The second-order valence-corrected chi connectivity index (χ2v) is 7.80. The number of hydrogen-bond donors (Lipinski definition) is 0. The van der Waals surface area contributed by atoms with Gasteiger partial charge in [0.2, 0.25) is 5.75 Å². The summed E-state index contributed by atoms with van der Waals surface area (Å²) >= 11 is 1.79. The lowest BCUT2D eigenvalue weighted by atomic mass is 10.1. The van der Waals surface area contributed by atoms with Crippen LogP contribution in [0.1, 0.15) is 27.7 Å². The first-order valence-electron chi connectivity index (χ1n) is 9.29. The van der Waals surface area contributed by atoms with Crippen LogP contribution in [0.15, 0.2) is 23.6 Å². The standard InChI is InChI=1S/C21H27NO5S/c1-14-7-10-28-19(14)12-22-8-9-26-16(11-22)13-27-20-17(15(2)23)5-6-18(24-3)21(20)25-4/h5-7,10,16H,8-9,11-13H2,1-4H3. The van der Waals surface area contributed by atoms with Crippen molar-refractivity contribution < 1.29 is 23.7 Å². The van der Waals surface area contributed by atoms with Crippen molar-refractivity contribution in [3.05, 3.63) is 39.6 Å². The SMILES string of the molecule is COc1ccc(C(C)=O)c(OCC2CN(Cc3sccc3C)CCO2)c1OC. The van der Waals surface area contributed by atoms with Crippen LogP contribution in [0.4, 0.5) is 0 Å². The van der Waals surface area contributed by atoms with E-state index in [1.807, 2.05) is 0 Å². The third kappa shape index (κ3) is 4.66. The highest BCUT2D eigenvalue weighted by Crippen LogP contribution is 2.40. The first-order chi connectivity index (χ1) is 13.5. The third-order valence-electron chi connectivity index (χ3n) is 4.85. The molecule has 0 saturated carbocycles. The molecule has 1 unspecified atom stereocenters. The molecular formula is C21H27NO5S. The van der Waals surface area contributed by atoms with Gasteiger partial charge >= 0.3 is 0 Å². The number of carbonyl (C=O) groups is 1. The normalized spacial score (nSPS) is 17.4. The molecule has 6 nitrogen and oxygen atoms in total. The van der Waals surface area contributed by atoms with Crippen LogP contribution in [-0.2, 0) is 11.3 Å². The maximum atomic E-state index is 12.0. The fourth-order valence-electron chi connectivity index (χ4n) is 3.29. The molecular weight excluding hydrogens is 378 g/mol. The van der Waals surface area contributed by atoms with Crippen molar-refractivity contribution >= 4 is 17.1 Å². The van der Waals surface area contributed by atoms with Crippen molar-refractivity contribution in [2.24, 2.45) is 0 Å². The minimum atomic E-state index is -0.0877. The molecule has 28 heavy (non-hydrogen) atoms. The van der Waals surface area contributed by atoms with Crippen LogP contribution >= 0.6 is 11.3 Å². The molecule has 7 heteroatoms. The maximum Gasteiger partial charge on any atom is 0.204 e. The Morgan fingerprint density at radius 1 is 1.25 bits per heavy atom. The number of thiophene rings is 1. The largest absolute Gasteiger partial charge is 0.493 e. The van der Waals surface area contributed by atoms with Gasteiger partial charge in [0.1, 0.15) is 12.7 Å². The average molecular weight is 406 g/mol. The van der Waals surface area contributed by atoms with Crippen molar-refractivity contribution in [2.45, 2.75) is 26.5 Å². The van der Waals surface area contributed by atoms with Gasteiger partial charge < -0.3 is 18.9 Å². The van der Waals surface area contributed by atoms with Crippen LogP contribution in [0.3, 0.4) is 0 Å². The number of methoxy groups -OCH3 is 2. The first-order valence-corrected chi connectivity index (χ1v) is 10.2. The lowest BCUT2D eigenvalue weighted by Gasteiger charge is -2.33. The van der Waals surface area contributed by atoms with E-state index in [9.17, 15) is 4.79 Å². The lowest BCUT2D eigenvalue weighted by Crippen LogP contribution is -2.44. The summed E-state index contributed by atoms with van der Waals surface area (Å²) in [6, 6.07) is 5.57. The molecule has 1 aromatic heterocycles. The zero-order valence-electron chi connectivity index (χ0n) is 16.8. The van der Waals surface area contributed by atoms with Crippen molar-refractivity contribution in [3.8, 4) is 17.2 Å². The van der Waals surface area contributed by atoms with Gasteiger partial charge in [0.15, 0.2) is 17.3 Å². The van der Waals surface area contributed by atoms with E-state index in [-0.39, 0.29) is 11.9 Å². The molecule has 1 aliphatic heterocycles. The molecule has 0 spiro atoms. The smallest absolute Gasteiger partial charge is 0.204 e. The molecule has 3 rings (SSSR count). The Hall–Kier alpha value is -2.09. The van der Waals surface area contributed by atoms with Crippen molar-refractivity contribution in [3.63, 3.8) is 0 Å². The van der Waals surface area contributed by atoms with Gasteiger partial charge in [-0.1, -0.05) is 0 Å². The highest BCUT2D eigenvalue weighted by molar-refractivity contribution is 7.10. The fraction of sp³-hybridized carbons (Fsp3) is 0.476. The third-order valence-corrected chi connectivity index (χ3v) is 5.86. The number of hydrogen-bond acceptors (Lipinski definition) is 7. The van der Waals surface area contributed by atoms with Crippen LogP contribution in [0, 0.1) is 6.92 Å². The molecule has 1 atom stereocenters. The van der Waals surface area contributed by atoms with Crippen LogP contribution in [0.2, 0.25) is 0 Å². The van der Waals surface area contributed by atoms with E-state index in [0.29, 0.717) is 36.0 Å².